The van der Waals surface area contributed by atoms with Crippen LogP contribution in [-0.2, 0) is 4.79 Å². The fraction of sp³-hybridized carbons (Fsp3) is 0.0769. The van der Waals surface area contributed by atoms with Gasteiger partial charge in [-0.2, -0.15) is 0 Å². The Morgan fingerprint density at radius 2 is 2.06 bits per heavy atom. The van der Waals surface area contributed by atoms with E-state index in [1.54, 1.807) is 0 Å². The Labute approximate surface area is 104 Å². The van der Waals surface area contributed by atoms with E-state index in [2.05, 4.69) is 13.2 Å². The summed E-state index contributed by atoms with van der Waals surface area (Å²) < 4.78 is 10.1. The van der Waals surface area contributed by atoms with Crippen LogP contribution >= 0.6 is 0 Å². The lowest BCUT2D eigenvalue weighted by molar-refractivity contribution is -0.128. The van der Waals surface area contributed by atoms with Gasteiger partial charge in [0.05, 0.1) is 0 Å². The molecule has 1 aromatic carbocycles. The highest BCUT2D eigenvalue weighted by molar-refractivity contribution is 5.91. The highest BCUT2D eigenvalue weighted by Crippen LogP contribution is 2.25. The normalized spacial score (nSPS) is 9.33. The van der Waals surface area contributed by atoms with Crippen molar-refractivity contribution in [3.63, 3.8) is 0 Å². The summed E-state index contributed by atoms with van der Waals surface area (Å²) in [6.45, 7) is 6.88. The second-order valence-electron chi connectivity index (χ2n) is 3.19. The number of hydrogen-bond acceptors (Lipinski definition) is 4. The summed E-state index contributed by atoms with van der Waals surface area (Å²) in [7, 11) is 0. The molecule has 0 heterocycles. The van der Waals surface area contributed by atoms with Crippen LogP contribution in [0.4, 0.5) is 0 Å². The van der Waals surface area contributed by atoms with Gasteiger partial charge in [-0.1, -0.05) is 19.2 Å². The van der Waals surface area contributed by atoms with Crippen molar-refractivity contribution in [1.29, 1.82) is 0 Å². The Hall–Kier alpha value is -2.56. The van der Waals surface area contributed by atoms with E-state index in [1.165, 1.54) is 24.3 Å². The molecule has 5 heteroatoms. The molecule has 0 radical (unpaired) electrons. The van der Waals surface area contributed by atoms with Crippen molar-refractivity contribution >= 4 is 11.9 Å². The van der Waals surface area contributed by atoms with E-state index >= 15 is 0 Å². The molecule has 0 aromatic heterocycles. The number of hydrogen-bond donors (Lipinski definition) is 1. The standard InChI is InChI=1S/C13H12O5/c1-3-7-17-11-8-9(18-12(14)4-2)5-6-10(11)13(15)16/h3-6,8H,1-2,7H2,(H,15,16). The first-order valence-corrected chi connectivity index (χ1v) is 5.03. The van der Waals surface area contributed by atoms with Crippen LogP contribution in [0.5, 0.6) is 11.5 Å². The van der Waals surface area contributed by atoms with E-state index in [-0.39, 0.29) is 23.7 Å². The molecular formula is C13H12O5. The number of carbonyl (C=O) groups excluding carboxylic acids is 1. The smallest absolute Gasteiger partial charge is 0.339 e. The Kier molecular flexibility index (Phi) is 4.68. The highest BCUT2D eigenvalue weighted by Gasteiger charge is 2.13. The highest BCUT2D eigenvalue weighted by atomic mass is 16.5. The van der Waals surface area contributed by atoms with Gasteiger partial charge in [0.1, 0.15) is 23.7 Å². The maximum atomic E-state index is 11.0. The first-order valence-electron chi connectivity index (χ1n) is 5.03. The summed E-state index contributed by atoms with van der Waals surface area (Å²) in [6.07, 6.45) is 2.49. The van der Waals surface area contributed by atoms with Crippen molar-refractivity contribution in [3.8, 4) is 11.5 Å². The SMILES string of the molecule is C=CCOc1cc(OC(=O)C=C)ccc1C(=O)O. The molecule has 1 rings (SSSR count). The molecule has 0 aliphatic carbocycles. The average Bonchev–Trinajstić information content (AvgIpc) is 2.36. The van der Waals surface area contributed by atoms with Gasteiger partial charge in [-0.25, -0.2) is 9.59 Å². The van der Waals surface area contributed by atoms with Crippen molar-refractivity contribution in [2.75, 3.05) is 6.61 Å². The summed E-state index contributed by atoms with van der Waals surface area (Å²) in [5, 5.41) is 8.95. The maximum Gasteiger partial charge on any atom is 0.339 e. The summed E-state index contributed by atoms with van der Waals surface area (Å²) in [4.78, 5) is 22.0. The Bertz CT molecular complexity index is 490. The van der Waals surface area contributed by atoms with Crippen LogP contribution in [0.1, 0.15) is 10.4 Å². The van der Waals surface area contributed by atoms with E-state index in [1.807, 2.05) is 0 Å². The number of carboxylic acid groups (broad SMARTS) is 1. The molecule has 0 spiro atoms. The minimum atomic E-state index is -1.13. The molecule has 5 nitrogen and oxygen atoms in total. The van der Waals surface area contributed by atoms with Crippen molar-refractivity contribution in [1.82, 2.24) is 0 Å². The second kappa shape index (κ2) is 6.24. The Morgan fingerprint density at radius 1 is 1.33 bits per heavy atom. The van der Waals surface area contributed by atoms with Gasteiger partial charge in [0.25, 0.3) is 0 Å². The topological polar surface area (TPSA) is 72.8 Å². The molecule has 0 amide bonds. The fourth-order valence-electron chi connectivity index (χ4n) is 1.17. The van der Waals surface area contributed by atoms with E-state index < -0.39 is 11.9 Å². The summed E-state index contributed by atoms with van der Waals surface area (Å²) in [5.74, 6) is -1.47. The van der Waals surface area contributed by atoms with Gasteiger partial charge in [0.2, 0.25) is 0 Å². The predicted molar refractivity (Wildman–Crippen MR) is 64.9 cm³/mol. The number of benzene rings is 1. The number of carboxylic acids is 1. The number of rotatable bonds is 6. The lowest BCUT2D eigenvalue weighted by Crippen LogP contribution is -2.06. The Balaban J connectivity index is 3.03. The minimum absolute atomic E-state index is 0.0183. The molecule has 0 atom stereocenters. The largest absolute Gasteiger partial charge is 0.489 e. The van der Waals surface area contributed by atoms with Gasteiger partial charge in [0, 0.05) is 12.1 Å². The third kappa shape index (κ3) is 3.48. The van der Waals surface area contributed by atoms with Crippen molar-refractivity contribution in [3.05, 3.63) is 49.1 Å². The molecule has 0 bridgehead atoms. The number of ether oxygens (including phenoxy) is 2. The molecule has 0 saturated heterocycles. The molecule has 0 aliphatic heterocycles. The van der Waals surface area contributed by atoms with E-state index in [0.29, 0.717) is 0 Å². The van der Waals surface area contributed by atoms with Gasteiger partial charge in [0.15, 0.2) is 0 Å². The third-order valence-electron chi connectivity index (χ3n) is 1.93. The quantitative estimate of drug-likeness (QED) is 0.361. The molecule has 0 saturated carbocycles. The second-order valence-corrected chi connectivity index (χ2v) is 3.19. The summed E-state index contributed by atoms with van der Waals surface area (Å²) >= 11 is 0. The van der Waals surface area contributed by atoms with Crippen molar-refractivity contribution in [2.45, 2.75) is 0 Å². The van der Waals surface area contributed by atoms with E-state index in [4.69, 9.17) is 14.6 Å². The van der Waals surface area contributed by atoms with Gasteiger partial charge >= 0.3 is 11.9 Å². The molecule has 0 fully saturated rings. The lowest BCUT2D eigenvalue weighted by Gasteiger charge is -2.09. The summed E-state index contributed by atoms with van der Waals surface area (Å²) in [6, 6.07) is 3.99. The van der Waals surface area contributed by atoms with Crippen LogP contribution in [0, 0.1) is 0 Å². The maximum absolute atomic E-state index is 11.0. The van der Waals surface area contributed by atoms with Gasteiger partial charge in [-0.05, 0) is 12.1 Å². The summed E-state index contributed by atoms with van der Waals surface area (Å²) in [5.41, 5.74) is -0.0183. The molecule has 18 heavy (non-hydrogen) atoms. The Morgan fingerprint density at radius 3 is 2.61 bits per heavy atom. The van der Waals surface area contributed by atoms with Crippen LogP contribution in [0.3, 0.4) is 0 Å². The van der Waals surface area contributed by atoms with Gasteiger partial charge in [-0.15, -0.1) is 0 Å². The minimum Gasteiger partial charge on any atom is -0.489 e. The van der Waals surface area contributed by atoms with E-state index in [9.17, 15) is 9.59 Å². The molecule has 0 unspecified atom stereocenters. The first kappa shape index (κ1) is 13.5. The van der Waals surface area contributed by atoms with Crippen LogP contribution < -0.4 is 9.47 Å². The molecule has 1 N–H and O–H groups in total. The first-order chi connectivity index (χ1) is 8.58. The number of esters is 1. The van der Waals surface area contributed by atoms with Gasteiger partial charge < -0.3 is 14.6 Å². The van der Waals surface area contributed by atoms with Crippen LogP contribution in [0.15, 0.2) is 43.5 Å². The van der Waals surface area contributed by atoms with E-state index in [0.717, 1.165) is 6.08 Å². The zero-order valence-electron chi connectivity index (χ0n) is 9.59. The zero-order chi connectivity index (χ0) is 13.5. The zero-order valence-corrected chi connectivity index (χ0v) is 9.59. The molecule has 94 valence electrons. The molecule has 1 aromatic rings. The van der Waals surface area contributed by atoms with Crippen molar-refractivity contribution < 1.29 is 24.2 Å². The monoisotopic (exact) mass is 248 g/mol. The van der Waals surface area contributed by atoms with Gasteiger partial charge in [-0.3, -0.25) is 0 Å². The number of carbonyl (C=O) groups is 2. The average molecular weight is 248 g/mol. The molecular weight excluding hydrogens is 236 g/mol. The third-order valence-corrected chi connectivity index (χ3v) is 1.93. The van der Waals surface area contributed by atoms with Crippen LogP contribution in [-0.4, -0.2) is 23.7 Å². The predicted octanol–water partition coefficient (Wildman–Crippen LogP) is 2.04. The number of aromatic carboxylic acids is 1. The van der Waals surface area contributed by atoms with Crippen LogP contribution in [0.2, 0.25) is 0 Å². The fourth-order valence-corrected chi connectivity index (χ4v) is 1.17. The molecule has 0 aliphatic rings. The van der Waals surface area contributed by atoms with Crippen LogP contribution in [0.25, 0.3) is 0 Å². The lowest BCUT2D eigenvalue weighted by atomic mass is 10.2. The van der Waals surface area contributed by atoms with Crippen molar-refractivity contribution in [2.24, 2.45) is 0 Å².